The number of carbonyl (C=O) groups excluding carboxylic acids is 1. The molecule has 0 saturated carbocycles. The number of aliphatic hydroxyl groups excluding tert-OH is 2. The molecule has 1 amide bonds. The van der Waals surface area contributed by atoms with Crippen LogP contribution in [0, 0.1) is 5.92 Å². The predicted molar refractivity (Wildman–Crippen MR) is 151 cm³/mol. The normalized spacial score (nSPS) is 24.5. The summed E-state index contributed by atoms with van der Waals surface area (Å²) in [5.74, 6) is -1.18. The standard InChI is InChI=1S/C28H48N4O12/c1-21-25(36)26(37)28(20-43-27(21)44-28)19-42-16-15-40-14-13-39-12-11-38-10-8-32-17-22(30-31-32)18-41-9-7-29-23(33)5-3-2-4-6-24(34)35/h17,21,25-27,36-37H,2-16,18-20H2,1H3,(H,29,33)(H,34,35)/t21-,25-,26-,27?,28+/m1/s1. The molecular weight excluding hydrogens is 584 g/mol. The smallest absolute Gasteiger partial charge is 0.303 e. The number of carboxylic acids is 1. The van der Waals surface area contributed by atoms with E-state index in [1.54, 1.807) is 17.8 Å². The minimum absolute atomic E-state index is 0.0706. The summed E-state index contributed by atoms with van der Waals surface area (Å²) in [4.78, 5) is 22.2. The highest BCUT2D eigenvalue weighted by Gasteiger charge is 2.57. The van der Waals surface area contributed by atoms with Crippen molar-refractivity contribution in [2.75, 3.05) is 72.6 Å². The van der Waals surface area contributed by atoms with Crippen LogP contribution >= 0.6 is 0 Å². The van der Waals surface area contributed by atoms with E-state index in [0.29, 0.717) is 90.9 Å². The Morgan fingerprint density at radius 1 is 0.977 bits per heavy atom. The van der Waals surface area contributed by atoms with Crippen molar-refractivity contribution in [2.24, 2.45) is 5.92 Å². The predicted octanol–water partition coefficient (Wildman–Crippen LogP) is -0.504. The number of fused-ring (bicyclic) bond motifs is 2. The van der Waals surface area contributed by atoms with Crippen molar-refractivity contribution in [3.8, 4) is 0 Å². The molecule has 0 radical (unpaired) electrons. The monoisotopic (exact) mass is 632 g/mol. The highest BCUT2D eigenvalue weighted by atomic mass is 16.7. The van der Waals surface area contributed by atoms with Crippen molar-refractivity contribution in [2.45, 2.75) is 76.3 Å². The molecule has 2 bridgehead atoms. The first-order valence-corrected chi connectivity index (χ1v) is 15.2. The third kappa shape index (κ3) is 12.6. The number of rotatable bonds is 25. The molecule has 2 aliphatic heterocycles. The number of aliphatic hydroxyl groups is 2. The molecule has 0 aromatic carbocycles. The van der Waals surface area contributed by atoms with Crippen LogP contribution in [0.5, 0.6) is 0 Å². The summed E-state index contributed by atoms with van der Waals surface area (Å²) in [5, 5.41) is 40.0. The van der Waals surface area contributed by atoms with Crippen LogP contribution in [0.3, 0.4) is 0 Å². The number of nitrogens with zero attached hydrogens (tertiary/aromatic N) is 3. The van der Waals surface area contributed by atoms with E-state index in [1.165, 1.54) is 0 Å². The molecule has 2 fully saturated rings. The van der Waals surface area contributed by atoms with Gasteiger partial charge in [-0.3, -0.25) is 9.59 Å². The van der Waals surface area contributed by atoms with E-state index >= 15 is 0 Å². The van der Waals surface area contributed by atoms with Crippen LogP contribution in [0.4, 0.5) is 0 Å². The fourth-order valence-electron chi connectivity index (χ4n) is 4.70. The van der Waals surface area contributed by atoms with E-state index in [0.717, 1.165) is 6.42 Å². The van der Waals surface area contributed by atoms with Crippen LogP contribution < -0.4 is 5.32 Å². The SMILES string of the molecule is C[C@H]1C2OC[C@](COCCOCCOCCOCCn3cc(COCCNC(=O)CCCCCC(=O)O)nn3)(O2)[C@H](O)[C@@H]1O. The number of carbonyl (C=O) groups is 2. The summed E-state index contributed by atoms with van der Waals surface area (Å²) >= 11 is 0. The molecule has 3 heterocycles. The van der Waals surface area contributed by atoms with Gasteiger partial charge in [0.25, 0.3) is 0 Å². The molecule has 2 saturated heterocycles. The van der Waals surface area contributed by atoms with Gasteiger partial charge in [0.2, 0.25) is 5.91 Å². The quantitative estimate of drug-likeness (QED) is 0.100. The van der Waals surface area contributed by atoms with Crippen molar-refractivity contribution < 1.29 is 58.1 Å². The zero-order chi connectivity index (χ0) is 31.6. The van der Waals surface area contributed by atoms with Gasteiger partial charge in [-0.25, -0.2) is 4.68 Å². The molecular formula is C28H48N4O12. The summed E-state index contributed by atoms with van der Waals surface area (Å²) in [6.45, 7) is 6.42. The molecule has 44 heavy (non-hydrogen) atoms. The Bertz CT molecular complexity index is 969. The van der Waals surface area contributed by atoms with Gasteiger partial charge in [-0.15, -0.1) is 5.10 Å². The van der Waals surface area contributed by atoms with E-state index < -0.39 is 30.1 Å². The number of aromatic nitrogens is 3. The van der Waals surface area contributed by atoms with Gasteiger partial charge < -0.3 is 53.8 Å². The van der Waals surface area contributed by atoms with E-state index in [1.807, 2.05) is 0 Å². The molecule has 1 unspecified atom stereocenters. The van der Waals surface area contributed by atoms with Crippen molar-refractivity contribution >= 4 is 11.9 Å². The van der Waals surface area contributed by atoms with Gasteiger partial charge in [-0.1, -0.05) is 18.6 Å². The zero-order valence-corrected chi connectivity index (χ0v) is 25.5. The topological polar surface area (TPSA) is 202 Å². The minimum atomic E-state index is -1.07. The average molecular weight is 633 g/mol. The average Bonchev–Trinajstić information content (AvgIpc) is 3.63. The van der Waals surface area contributed by atoms with E-state index in [9.17, 15) is 19.8 Å². The number of amides is 1. The van der Waals surface area contributed by atoms with Crippen LogP contribution in [0.25, 0.3) is 0 Å². The lowest BCUT2D eigenvalue weighted by molar-refractivity contribution is -0.248. The van der Waals surface area contributed by atoms with Gasteiger partial charge in [-0.2, -0.15) is 0 Å². The van der Waals surface area contributed by atoms with Crippen molar-refractivity contribution in [3.05, 3.63) is 11.9 Å². The number of carboxylic acid groups (broad SMARTS) is 1. The summed E-state index contributed by atoms with van der Waals surface area (Å²) in [6, 6.07) is 0. The van der Waals surface area contributed by atoms with Crippen LogP contribution in [-0.2, 0) is 55.9 Å². The maximum Gasteiger partial charge on any atom is 0.303 e. The summed E-state index contributed by atoms with van der Waals surface area (Å²) in [6.07, 6.45) is 1.74. The Labute approximate surface area is 257 Å². The van der Waals surface area contributed by atoms with Gasteiger partial charge in [-0.05, 0) is 12.8 Å². The van der Waals surface area contributed by atoms with Crippen LogP contribution in [-0.4, -0.2) is 139 Å². The van der Waals surface area contributed by atoms with Crippen molar-refractivity contribution in [3.63, 3.8) is 0 Å². The number of ether oxygens (including phenoxy) is 7. The molecule has 252 valence electrons. The Hall–Kier alpha value is -2.28. The number of aliphatic carboxylic acids is 1. The zero-order valence-electron chi connectivity index (χ0n) is 25.5. The molecule has 0 aliphatic carbocycles. The maximum atomic E-state index is 11.8. The molecule has 0 spiro atoms. The minimum Gasteiger partial charge on any atom is -0.481 e. The van der Waals surface area contributed by atoms with Crippen molar-refractivity contribution in [1.29, 1.82) is 0 Å². The van der Waals surface area contributed by atoms with E-state index in [4.69, 9.17) is 38.3 Å². The van der Waals surface area contributed by atoms with Gasteiger partial charge in [0.15, 0.2) is 6.29 Å². The van der Waals surface area contributed by atoms with Crippen LogP contribution in [0.1, 0.15) is 44.7 Å². The molecule has 3 rings (SSSR count). The summed E-state index contributed by atoms with van der Waals surface area (Å²) < 4.78 is 40.7. The molecule has 4 N–H and O–H groups in total. The molecule has 5 atom stereocenters. The number of hydrogen-bond acceptors (Lipinski definition) is 13. The first-order valence-electron chi connectivity index (χ1n) is 15.2. The number of nitrogens with one attached hydrogen (secondary N) is 1. The first-order chi connectivity index (χ1) is 21.3. The Morgan fingerprint density at radius 2 is 1.66 bits per heavy atom. The fraction of sp³-hybridized carbons (Fsp3) is 0.857. The van der Waals surface area contributed by atoms with Gasteiger partial charge in [0.05, 0.1) is 91.5 Å². The molecule has 1 aromatic rings. The van der Waals surface area contributed by atoms with E-state index in [-0.39, 0.29) is 38.1 Å². The Balaban J connectivity index is 1.07. The van der Waals surface area contributed by atoms with Crippen LogP contribution in [0.2, 0.25) is 0 Å². The number of unbranched alkanes of at least 4 members (excludes halogenated alkanes) is 2. The van der Waals surface area contributed by atoms with Gasteiger partial charge in [0, 0.05) is 25.3 Å². The van der Waals surface area contributed by atoms with E-state index in [2.05, 4.69) is 15.6 Å². The van der Waals surface area contributed by atoms with Crippen molar-refractivity contribution in [1.82, 2.24) is 20.3 Å². The third-order valence-electron chi connectivity index (χ3n) is 7.30. The lowest BCUT2D eigenvalue weighted by atomic mass is 9.86. The highest BCUT2D eigenvalue weighted by molar-refractivity contribution is 5.75. The fourth-order valence-corrected chi connectivity index (χ4v) is 4.70. The van der Waals surface area contributed by atoms with Gasteiger partial charge in [0.1, 0.15) is 17.4 Å². The first kappa shape index (κ1) is 36.2. The molecule has 16 nitrogen and oxygen atoms in total. The van der Waals surface area contributed by atoms with Gasteiger partial charge >= 0.3 is 5.97 Å². The lowest BCUT2D eigenvalue weighted by Crippen LogP contribution is -2.60. The second-order valence-corrected chi connectivity index (χ2v) is 10.9. The molecule has 2 aliphatic rings. The second kappa shape index (κ2) is 20.0. The number of hydrogen-bond donors (Lipinski definition) is 4. The maximum absolute atomic E-state index is 11.8. The largest absolute Gasteiger partial charge is 0.481 e. The Morgan fingerprint density at radius 3 is 2.39 bits per heavy atom. The second-order valence-electron chi connectivity index (χ2n) is 10.9. The third-order valence-corrected chi connectivity index (χ3v) is 7.30. The summed E-state index contributed by atoms with van der Waals surface area (Å²) in [5.41, 5.74) is -0.362. The highest BCUT2D eigenvalue weighted by Crippen LogP contribution is 2.39. The molecule has 16 heteroatoms. The molecule has 1 aromatic heterocycles. The van der Waals surface area contributed by atoms with Crippen LogP contribution in [0.15, 0.2) is 6.20 Å². The lowest BCUT2D eigenvalue weighted by Gasteiger charge is -2.41. The Kier molecular flexibility index (Phi) is 16.4. The summed E-state index contributed by atoms with van der Waals surface area (Å²) in [7, 11) is 0.